The first kappa shape index (κ1) is 16.7. The van der Waals surface area contributed by atoms with E-state index < -0.39 is 9.84 Å². The van der Waals surface area contributed by atoms with Crippen molar-refractivity contribution in [3.63, 3.8) is 0 Å². The second kappa shape index (κ2) is 6.88. The Hall–Kier alpha value is -1.36. The van der Waals surface area contributed by atoms with E-state index in [0.717, 1.165) is 18.4 Å². The molecule has 20 heavy (non-hydrogen) atoms. The van der Waals surface area contributed by atoms with Crippen LogP contribution in [0.5, 0.6) is 0 Å². The Morgan fingerprint density at radius 2 is 1.65 bits per heavy atom. The van der Waals surface area contributed by atoms with Gasteiger partial charge in [0.2, 0.25) is 5.91 Å². The smallest absolute Gasteiger partial charge is 0.223 e. The Bertz CT molecular complexity index is 545. The first-order valence-electron chi connectivity index (χ1n) is 6.90. The van der Waals surface area contributed by atoms with Gasteiger partial charge in [-0.15, -0.1) is 0 Å². The van der Waals surface area contributed by atoms with Crippen LogP contribution in [0.2, 0.25) is 0 Å². The van der Waals surface area contributed by atoms with Gasteiger partial charge in [-0.05, 0) is 37.5 Å². The van der Waals surface area contributed by atoms with Crippen molar-refractivity contribution in [2.45, 2.75) is 44.6 Å². The Morgan fingerprint density at radius 3 is 2.05 bits per heavy atom. The molecule has 1 amide bonds. The molecule has 1 unspecified atom stereocenters. The molecule has 0 saturated heterocycles. The molecule has 0 heterocycles. The fourth-order valence-electron chi connectivity index (χ4n) is 2.08. The fourth-order valence-corrected chi connectivity index (χ4v) is 2.71. The van der Waals surface area contributed by atoms with Gasteiger partial charge >= 0.3 is 0 Å². The monoisotopic (exact) mass is 297 g/mol. The lowest BCUT2D eigenvalue weighted by Gasteiger charge is -2.18. The molecule has 0 fully saturated rings. The van der Waals surface area contributed by atoms with Crippen LogP contribution in [-0.4, -0.2) is 20.6 Å². The van der Waals surface area contributed by atoms with E-state index in [1.54, 1.807) is 24.3 Å². The van der Waals surface area contributed by atoms with E-state index in [-0.39, 0.29) is 17.9 Å². The van der Waals surface area contributed by atoms with E-state index in [4.69, 9.17) is 0 Å². The van der Waals surface area contributed by atoms with Crippen LogP contribution in [-0.2, 0) is 14.6 Å². The van der Waals surface area contributed by atoms with Crippen LogP contribution in [0.3, 0.4) is 0 Å². The third-order valence-corrected chi connectivity index (χ3v) is 4.65. The minimum atomic E-state index is -3.18. The highest BCUT2D eigenvalue weighted by molar-refractivity contribution is 7.90. The second-order valence-electron chi connectivity index (χ2n) is 5.08. The van der Waals surface area contributed by atoms with Gasteiger partial charge < -0.3 is 5.32 Å². The van der Waals surface area contributed by atoms with Crippen LogP contribution in [0.15, 0.2) is 29.2 Å². The maximum Gasteiger partial charge on any atom is 0.223 e. The lowest BCUT2D eigenvalue weighted by Crippen LogP contribution is -2.32. The molecule has 0 aliphatic rings. The van der Waals surface area contributed by atoms with Crippen LogP contribution in [0.4, 0.5) is 0 Å². The largest absolute Gasteiger partial charge is 0.349 e. The van der Waals surface area contributed by atoms with Gasteiger partial charge in [-0.1, -0.05) is 26.0 Å². The number of hydrogen-bond acceptors (Lipinski definition) is 3. The van der Waals surface area contributed by atoms with Gasteiger partial charge in [-0.2, -0.15) is 0 Å². The van der Waals surface area contributed by atoms with E-state index in [2.05, 4.69) is 5.32 Å². The average Bonchev–Trinajstić information content (AvgIpc) is 2.39. The third-order valence-electron chi connectivity index (χ3n) is 3.52. The molecule has 4 nitrogen and oxygen atoms in total. The fraction of sp³-hybridized carbons (Fsp3) is 0.533. The van der Waals surface area contributed by atoms with Crippen molar-refractivity contribution in [1.29, 1.82) is 0 Å². The van der Waals surface area contributed by atoms with Crippen LogP contribution >= 0.6 is 0 Å². The highest BCUT2D eigenvalue weighted by Gasteiger charge is 2.17. The molecule has 5 heteroatoms. The summed E-state index contributed by atoms with van der Waals surface area (Å²) in [7, 11) is -3.18. The maximum atomic E-state index is 12.0. The molecular formula is C15H23NO3S. The van der Waals surface area contributed by atoms with Crippen molar-refractivity contribution >= 4 is 15.7 Å². The molecule has 0 aliphatic carbocycles. The van der Waals surface area contributed by atoms with E-state index in [9.17, 15) is 13.2 Å². The topological polar surface area (TPSA) is 63.2 Å². The maximum absolute atomic E-state index is 12.0. The molecule has 112 valence electrons. The van der Waals surface area contributed by atoms with Gasteiger partial charge in [0.1, 0.15) is 0 Å². The number of sulfone groups is 1. The summed E-state index contributed by atoms with van der Waals surface area (Å²) in [5.74, 6) is 0.0856. The lowest BCUT2D eigenvalue weighted by atomic mass is 10.0. The number of hydrogen-bond donors (Lipinski definition) is 1. The normalized spacial score (nSPS) is 13.2. The Labute approximate surface area is 121 Å². The van der Waals surface area contributed by atoms with E-state index in [0.29, 0.717) is 4.90 Å². The molecule has 1 atom stereocenters. The number of benzene rings is 1. The number of carbonyl (C=O) groups excluding carboxylic acids is 1. The van der Waals surface area contributed by atoms with Crippen LogP contribution < -0.4 is 5.32 Å². The minimum Gasteiger partial charge on any atom is -0.349 e. The molecule has 0 aromatic heterocycles. The van der Waals surface area contributed by atoms with Gasteiger partial charge in [0.15, 0.2) is 9.84 Å². The second-order valence-corrected chi connectivity index (χ2v) is 7.10. The number of nitrogens with one attached hydrogen (secondary N) is 1. The van der Waals surface area contributed by atoms with Crippen molar-refractivity contribution in [1.82, 2.24) is 5.32 Å². The zero-order chi connectivity index (χ0) is 15.3. The molecule has 0 aliphatic heterocycles. The minimum absolute atomic E-state index is 0.0349. The van der Waals surface area contributed by atoms with Gasteiger partial charge in [-0.25, -0.2) is 8.42 Å². The first-order valence-corrected chi connectivity index (χ1v) is 8.79. The molecular weight excluding hydrogens is 274 g/mol. The molecule has 0 saturated carbocycles. The van der Waals surface area contributed by atoms with Gasteiger partial charge in [0.05, 0.1) is 10.9 Å². The predicted octanol–water partition coefficient (Wildman–Crippen LogP) is 2.70. The molecule has 0 radical (unpaired) electrons. The summed E-state index contributed by atoms with van der Waals surface area (Å²) in [5.41, 5.74) is 0.900. The summed E-state index contributed by atoms with van der Waals surface area (Å²) >= 11 is 0. The van der Waals surface area contributed by atoms with Crippen molar-refractivity contribution in [2.24, 2.45) is 5.92 Å². The standard InChI is InChI=1S/C15H23NO3S/c1-5-12(6-2)15(17)16-11(3)13-7-9-14(10-8-13)20(4,18)19/h7-12H,5-6H2,1-4H3,(H,16,17). The number of amides is 1. The van der Waals surface area contributed by atoms with E-state index in [1.165, 1.54) is 6.26 Å². The predicted molar refractivity (Wildman–Crippen MR) is 80.2 cm³/mol. The van der Waals surface area contributed by atoms with E-state index in [1.807, 2.05) is 20.8 Å². The summed E-state index contributed by atoms with van der Waals surface area (Å²) in [6.07, 6.45) is 2.82. The summed E-state index contributed by atoms with van der Waals surface area (Å²) < 4.78 is 22.8. The Balaban J connectivity index is 2.78. The van der Waals surface area contributed by atoms with Crippen molar-refractivity contribution in [2.75, 3.05) is 6.26 Å². The van der Waals surface area contributed by atoms with Crippen LogP contribution in [0, 0.1) is 5.92 Å². The van der Waals surface area contributed by atoms with Crippen LogP contribution in [0.25, 0.3) is 0 Å². The Kier molecular flexibility index (Phi) is 5.74. The Morgan fingerprint density at radius 1 is 1.15 bits per heavy atom. The van der Waals surface area contributed by atoms with Crippen molar-refractivity contribution in [3.05, 3.63) is 29.8 Å². The number of rotatable bonds is 6. The summed E-state index contributed by atoms with van der Waals surface area (Å²) in [4.78, 5) is 12.3. The molecule has 1 rings (SSSR count). The zero-order valence-corrected chi connectivity index (χ0v) is 13.3. The first-order chi connectivity index (χ1) is 9.29. The van der Waals surface area contributed by atoms with Gasteiger partial charge in [-0.3, -0.25) is 4.79 Å². The van der Waals surface area contributed by atoms with Gasteiger partial charge in [0.25, 0.3) is 0 Å². The highest BCUT2D eigenvalue weighted by Crippen LogP contribution is 2.17. The lowest BCUT2D eigenvalue weighted by molar-refractivity contribution is -0.125. The summed E-state index contributed by atoms with van der Waals surface area (Å²) in [6.45, 7) is 5.90. The number of carbonyl (C=O) groups is 1. The average molecular weight is 297 g/mol. The van der Waals surface area contributed by atoms with Crippen molar-refractivity contribution in [3.8, 4) is 0 Å². The van der Waals surface area contributed by atoms with Gasteiger partial charge in [0, 0.05) is 12.2 Å². The molecule has 0 spiro atoms. The molecule has 1 aromatic carbocycles. The van der Waals surface area contributed by atoms with Crippen LogP contribution in [0.1, 0.15) is 45.2 Å². The zero-order valence-electron chi connectivity index (χ0n) is 12.5. The molecule has 0 bridgehead atoms. The third kappa shape index (κ3) is 4.34. The SMILES string of the molecule is CCC(CC)C(=O)NC(C)c1ccc(S(C)(=O)=O)cc1. The summed E-state index contributed by atoms with van der Waals surface area (Å²) in [6, 6.07) is 6.51. The quantitative estimate of drug-likeness (QED) is 0.878. The van der Waals surface area contributed by atoms with E-state index >= 15 is 0 Å². The summed E-state index contributed by atoms with van der Waals surface area (Å²) in [5, 5.41) is 2.97. The molecule has 1 aromatic rings. The van der Waals surface area contributed by atoms with Crippen molar-refractivity contribution < 1.29 is 13.2 Å². The highest BCUT2D eigenvalue weighted by atomic mass is 32.2. The molecule has 1 N–H and O–H groups in total.